The van der Waals surface area contributed by atoms with Gasteiger partial charge < -0.3 is 4.57 Å². The fourth-order valence-corrected chi connectivity index (χ4v) is 3.61. The van der Waals surface area contributed by atoms with Crippen LogP contribution in [0.4, 0.5) is 4.39 Å². The third-order valence-electron chi connectivity index (χ3n) is 4.46. The highest BCUT2D eigenvalue weighted by molar-refractivity contribution is 6.17. The van der Waals surface area contributed by atoms with Gasteiger partial charge in [0.15, 0.2) is 5.82 Å². The third-order valence-corrected chi connectivity index (χ3v) is 4.65. The fourth-order valence-electron chi connectivity index (χ4n) is 3.44. The van der Waals surface area contributed by atoms with Crippen LogP contribution in [0.15, 0.2) is 18.2 Å². The SMILES string of the molecule is CC1CCCCC1n1c(CCCl)nc2c(F)cccc21. The molecule has 0 spiro atoms. The highest BCUT2D eigenvalue weighted by atomic mass is 35.5. The zero-order chi connectivity index (χ0) is 14.1. The summed E-state index contributed by atoms with van der Waals surface area (Å²) in [6, 6.07) is 5.65. The molecule has 1 aliphatic carbocycles. The minimum atomic E-state index is -0.236. The first-order valence-corrected chi connectivity index (χ1v) is 7.97. The Morgan fingerprint density at radius 2 is 2.15 bits per heavy atom. The first-order valence-electron chi connectivity index (χ1n) is 7.43. The predicted molar refractivity (Wildman–Crippen MR) is 80.8 cm³/mol. The van der Waals surface area contributed by atoms with Crippen LogP contribution < -0.4 is 0 Å². The second-order valence-electron chi connectivity index (χ2n) is 5.77. The quantitative estimate of drug-likeness (QED) is 0.750. The molecule has 2 atom stereocenters. The maximum Gasteiger partial charge on any atom is 0.151 e. The molecule has 0 bridgehead atoms. The number of hydrogen-bond acceptors (Lipinski definition) is 1. The van der Waals surface area contributed by atoms with Gasteiger partial charge in [-0.1, -0.05) is 25.8 Å². The predicted octanol–water partition coefficient (Wildman–Crippen LogP) is 4.71. The van der Waals surface area contributed by atoms with Crippen molar-refractivity contribution >= 4 is 22.6 Å². The van der Waals surface area contributed by atoms with Crippen molar-refractivity contribution in [2.75, 3.05) is 5.88 Å². The van der Waals surface area contributed by atoms with Gasteiger partial charge in [-0.3, -0.25) is 0 Å². The van der Waals surface area contributed by atoms with Crippen molar-refractivity contribution in [3.63, 3.8) is 0 Å². The molecule has 2 unspecified atom stereocenters. The number of aryl methyl sites for hydroxylation is 1. The molecule has 0 radical (unpaired) electrons. The van der Waals surface area contributed by atoms with Gasteiger partial charge in [0.1, 0.15) is 11.3 Å². The van der Waals surface area contributed by atoms with Crippen LogP contribution in [0.2, 0.25) is 0 Å². The summed E-state index contributed by atoms with van der Waals surface area (Å²) in [5, 5.41) is 0. The number of rotatable bonds is 3. The number of aromatic nitrogens is 2. The van der Waals surface area contributed by atoms with Gasteiger partial charge in [-0.05, 0) is 30.9 Å². The summed E-state index contributed by atoms with van der Waals surface area (Å²) in [5.74, 6) is 1.82. The lowest BCUT2D eigenvalue weighted by Gasteiger charge is -2.31. The molecule has 1 aliphatic rings. The normalized spacial score (nSPS) is 23.4. The van der Waals surface area contributed by atoms with Crippen LogP contribution >= 0.6 is 11.6 Å². The van der Waals surface area contributed by atoms with Gasteiger partial charge in [0.25, 0.3) is 0 Å². The monoisotopic (exact) mass is 294 g/mol. The van der Waals surface area contributed by atoms with Crippen molar-refractivity contribution in [3.05, 3.63) is 29.8 Å². The van der Waals surface area contributed by atoms with Crippen molar-refractivity contribution < 1.29 is 4.39 Å². The zero-order valence-electron chi connectivity index (χ0n) is 11.8. The lowest BCUT2D eigenvalue weighted by atomic mass is 9.85. The van der Waals surface area contributed by atoms with Crippen LogP contribution in [0.5, 0.6) is 0 Å². The summed E-state index contributed by atoms with van der Waals surface area (Å²) in [5.41, 5.74) is 1.41. The molecule has 108 valence electrons. The average molecular weight is 295 g/mol. The van der Waals surface area contributed by atoms with Gasteiger partial charge in [0.05, 0.1) is 5.52 Å². The molecule has 1 heterocycles. The Kier molecular flexibility index (Phi) is 3.97. The Morgan fingerprint density at radius 3 is 2.90 bits per heavy atom. The molecule has 1 aromatic carbocycles. The molecule has 0 amide bonds. The van der Waals surface area contributed by atoms with Gasteiger partial charge in [-0.25, -0.2) is 9.37 Å². The van der Waals surface area contributed by atoms with E-state index in [1.54, 1.807) is 6.07 Å². The zero-order valence-corrected chi connectivity index (χ0v) is 12.5. The summed E-state index contributed by atoms with van der Waals surface area (Å²) in [4.78, 5) is 4.52. The summed E-state index contributed by atoms with van der Waals surface area (Å²) in [7, 11) is 0. The average Bonchev–Trinajstić information content (AvgIpc) is 2.80. The van der Waals surface area contributed by atoms with Gasteiger partial charge in [0, 0.05) is 18.3 Å². The number of para-hydroxylation sites is 1. The molecule has 0 saturated heterocycles. The number of alkyl halides is 1. The van der Waals surface area contributed by atoms with Gasteiger partial charge in [-0.2, -0.15) is 0 Å². The molecule has 2 aromatic rings. The highest BCUT2D eigenvalue weighted by Gasteiger charge is 2.27. The molecule has 20 heavy (non-hydrogen) atoms. The van der Waals surface area contributed by atoms with E-state index in [4.69, 9.17) is 11.6 Å². The van der Waals surface area contributed by atoms with E-state index in [0.29, 0.717) is 29.8 Å². The molecular formula is C16H20ClFN2. The van der Waals surface area contributed by atoms with E-state index in [-0.39, 0.29) is 5.82 Å². The molecule has 4 heteroatoms. The number of fused-ring (bicyclic) bond motifs is 1. The standard InChI is InChI=1S/C16H20ClFN2/c1-11-5-2-3-7-13(11)20-14-8-4-6-12(18)16(14)19-15(20)9-10-17/h4,6,8,11,13H,2-3,5,7,9-10H2,1H3. The number of benzene rings is 1. The lowest BCUT2D eigenvalue weighted by molar-refractivity contribution is 0.257. The Bertz CT molecular complexity index is 608. The second-order valence-corrected chi connectivity index (χ2v) is 6.15. The van der Waals surface area contributed by atoms with Crippen LogP contribution in [0.25, 0.3) is 11.0 Å². The van der Waals surface area contributed by atoms with E-state index in [1.165, 1.54) is 25.3 Å². The Balaban J connectivity index is 2.15. The van der Waals surface area contributed by atoms with Crippen LogP contribution in [0.1, 0.15) is 44.5 Å². The smallest absolute Gasteiger partial charge is 0.151 e. The summed E-state index contributed by atoms with van der Waals surface area (Å²) in [6.07, 6.45) is 5.62. The van der Waals surface area contributed by atoms with E-state index in [2.05, 4.69) is 16.5 Å². The summed E-state index contributed by atoms with van der Waals surface area (Å²) >= 11 is 5.90. The summed E-state index contributed by atoms with van der Waals surface area (Å²) in [6.45, 7) is 2.29. The Labute approximate surface area is 123 Å². The minimum Gasteiger partial charge on any atom is -0.324 e. The largest absolute Gasteiger partial charge is 0.324 e. The Hall–Kier alpha value is -1.09. The number of hydrogen-bond donors (Lipinski definition) is 0. The van der Waals surface area contributed by atoms with Crippen molar-refractivity contribution in [1.29, 1.82) is 0 Å². The van der Waals surface area contributed by atoms with E-state index in [9.17, 15) is 4.39 Å². The lowest BCUT2D eigenvalue weighted by Crippen LogP contribution is -2.23. The van der Waals surface area contributed by atoms with Crippen LogP contribution in [-0.2, 0) is 6.42 Å². The minimum absolute atomic E-state index is 0.236. The van der Waals surface area contributed by atoms with Crippen LogP contribution in [0.3, 0.4) is 0 Å². The summed E-state index contributed by atoms with van der Waals surface area (Å²) < 4.78 is 16.2. The number of halogens is 2. The first-order chi connectivity index (χ1) is 9.72. The van der Waals surface area contributed by atoms with E-state index in [1.807, 2.05) is 6.07 Å². The molecule has 1 saturated carbocycles. The topological polar surface area (TPSA) is 17.8 Å². The molecule has 0 N–H and O–H groups in total. The van der Waals surface area contributed by atoms with E-state index < -0.39 is 0 Å². The molecule has 1 fully saturated rings. The van der Waals surface area contributed by atoms with Crippen LogP contribution in [-0.4, -0.2) is 15.4 Å². The molecular weight excluding hydrogens is 275 g/mol. The van der Waals surface area contributed by atoms with E-state index in [0.717, 1.165) is 17.8 Å². The molecule has 2 nitrogen and oxygen atoms in total. The van der Waals surface area contributed by atoms with Gasteiger partial charge in [0.2, 0.25) is 0 Å². The number of imidazole rings is 1. The van der Waals surface area contributed by atoms with E-state index >= 15 is 0 Å². The molecule has 0 aliphatic heterocycles. The Morgan fingerprint density at radius 1 is 1.35 bits per heavy atom. The van der Waals surface area contributed by atoms with Gasteiger partial charge >= 0.3 is 0 Å². The van der Waals surface area contributed by atoms with Crippen LogP contribution in [0, 0.1) is 11.7 Å². The second kappa shape index (κ2) is 5.72. The maximum absolute atomic E-state index is 14.0. The van der Waals surface area contributed by atoms with Gasteiger partial charge in [-0.15, -0.1) is 11.6 Å². The van der Waals surface area contributed by atoms with Crippen molar-refractivity contribution in [3.8, 4) is 0 Å². The molecule has 1 aromatic heterocycles. The first kappa shape index (κ1) is 13.9. The van der Waals surface area contributed by atoms with Crippen molar-refractivity contribution in [2.24, 2.45) is 5.92 Å². The number of nitrogens with zero attached hydrogens (tertiary/aromatic N) is 2. The van der Waals surface area contributed by atoms with Crippen molar-refractivity contribution in [2.45, 2.75) is 45.1 Å². The maximum atomic E-state index is 14.0. The third kappa shape index (κ3) is 2.32. The molecule has 3 rings (SSSR count). The van der Waals surface area contributed by atoms with Crippen molar-refractivity contribution in [1.82, 2.24) is 9.55 Å². The fraction of sp³-hybridized carbons (Fsp3) is 0.562. The highest BCUT2D eigenvalue weighted by Crippen LogP contribution is 2.37.